The van der Waals surface area contributed by atoms with Crippen LogP contribution in [0.1, 0.15) is 18.1 Å². The Labute approximate surface area is 85.5 Å². The molecular formula is C10H11BrFN. The molecule has 1 heterocycles. The zero-order chi connectivity index (χ0) is 9.42. The fraction of sp³-hybridized carbons (Fsp3) is 0.400. The van der Waals surface area contributed by atoms with E-state index in [1.165, 1.54) is 11.6 Å². The monoisotopic (exact) mass is 243 g/mol. The van der Waals surface area contributed by atoms with Crippen molar-refractivity contribution in [2.75, 3.05) is 0 Å². The van der Waals surface area contributed by atoms with Gasteiger partial charge in [0.2, 0.25) is 0 Å². The van der Waals surface area contributed by atoms with Crippen LogP contribution in [-0.4, -0.2) is 6.04 Å². The summed E-state index contributed by atoms with van der Waals surface area (Å²) in [5.74, 6) is -0.153. The molecule has 1 aromatic carbocycles. The molecule has 1 N–H and O–H groups in total. The normalized spacial score (nSPS) is 21.3. The lowest BCUT2D eigenvalue weighted by Crippen LogP contribution is -2.33. The molecule has 0 bridgehead atoms. The Morgan fingerprint density at radius 2 is 2.31 bits per heavy atom. The third-order valence-electron chi connectivity index (χ3n) is 2.41. The van der Waals surface area contributed by atoms with Crippen LogP contribution in [0.5, 0.6) is 0 Å². The molecule has 13 heavy (non-hydrogen) atoms. The highest BCUT2D eigenvalue weighted by Gasteiger charge is 2.17. The van der Waals surface area contributed by atoms with Crippen LogP contribution in [0.15, 0.2) is 16.6 Å². The van der Waals surface area contributed by atoms with Crippen LogP contribution >= 0.6 is 15.9 Å². The van der Waals surface area contributed by atoms with Crippen LogP contribution < -0.4 is 5.32 Å². The third kappa shape index (κ3) is 1.76. The summed E-state index contributed by atoms with van der Waals surface area (Å²) in [5.41, 5.74) is 2.32. The van der Waals surface area contributed by atoms with Gasteiger partial charge in [-0.2, -0.15) is 0 Å². The Hall–Kier alpha value is -0.410. The summed E-state index contributed by atoms with van der Waals surface area (Å²) in [6, 6.07) is 3.61. The Kier molecular flexibility index (Phi) is 2.39. The van der Waals surface area contributed by atoms with Gasteiger partial charge in [0.1, 0.15) is 5.82 Å². The fourth-order valence-electron chi connectivity index (χ4n) is 1.72. The first-order valence-corrected chi connectivity index (χ1v) is 5.16. The van der Waals surface area contributed by atoms with Crippen LogP contribution in [0.3, 0.4) is 0 Å². The summed E-state index contributed by atoms with van der Waals surface area (Å²) in [6.45, 7) is 2.94. The van der Waals surface area contributed by atoms with Gasteiger partial charge in [0, 0.05) is 17.1 Å². The van der Waals surface area contributed by atoms with Gasteiger partial charge in [0.05, 0.1) is 0 Å². The van der Waals surface area contributed by atoms with Crippen molar-refractivity contribution in [1.29, 1.82) is 0 Å². The quantitative estimate of drug-likeness (QED) is 0.739. The molecule has 1 atom stereocenters. The molecule has 0 spiro atoms. The molecule has 0 saturated carbocycles. The maximum Gasteiger partial charge on any atom is 0.124 e. The Morgan fingerprint density at radius 1 is 1.54 bits per heavy atom. The van der Waals surface area contributed by atoms with Gasteiger partial charge in [-0.1, -0.05) is 15.9 Å². The number of nitrogens with one attached hydrogen (secondary N) is 1. The summed E-state index contributed by atoms with van der Waals surface area (Å²) in [7, 11) is 0. The van der Waals surface area contributed by atoms with Gasteiger partial charge in [-0.25, -0.2) is 4.39 Å². The molecule has 0 aliphatic carbocycles. The van der Waals surface area contributed by atoms with Crippen LogP contribution in [0.4, 0.5) is 4.39 Å². The average Bonchev–Trinajstić information content (AvgIpc) is 2.02. The van der Waals surface area contributed by atoms with Gasteiger partial charge in [-0.3, -0.25) is 0 Å². The standard InChI is InChI=1S/C10H11BrFN/c1-6-2-7-3-8(12)4-10(11)9(7)5-13-6/h3-4,6,13H,2,5H2,1H3. The van der Waals surface area contributed by atoms with E-state index in [4.69, 9.17) is 0 Å². The maximum atomic E-state index is 13.0. The molecule has 0 fully saturated rings. The predicted molar refractivity (Wildman–Crippen MR) is 54.1 cm³/mol. The van der Waals surface area contributed by atoms with E-state index in [1.54, 1.807) is 6.07 Å². The summed E-state index contributed by atoms with van der Waals surface area (Å²) < 4.78 is 13.9. The summed E-state index contributed by atoms with van der Waals surface area (Å²) in [4.78, 5) is 0. The van der Waals surface area contributed by atoms with Gasteiger partial charge >= 0.3 is 0 Å². The fourth-order valence-corrected chi connectivity index (χ4v) is 2.33. The van der Waals surface area contributed by atoms with Gasteiger partial charge in [0.15, 0.2) is 0 Å². The number of hydrogen-bond donors (Lipinski definition) is 1. The minimum absolute atomic E-state index is 0.153. The molecule has 2 rings (SSSR count). The molecule has 0 amide bonds. The van der Waals surface area contributed by atoms with Crippen molar-refractivity contribution in [2.45, 2.75) is 25.9 Å². The second-order valence-electron chi connectivity index (χ2n) is 3.51. The number of rotatable bonds is 0. The largest absolute Gasteiger partial charge is 0.310 e. The maximum absolute atomic E-state index is 13.0. The second-order valence-corrected chi connectivity index (χ2v) is 4.37. The van der Waals surface area contributed by atoms with Crippen molar-refractivity contribution in [2.24, 2.45) is 0 Å². The third-order valence-corrected chi connectivity index (χ3v) is 3.11. The molecule has 3 heteroatoms. The van der Waals surface area contributed by atoms with Crippen LogP contribution in [0.2, 0.25) is 0 Å². The van der Waals surface area contributed by atoms with E-state index in [1.807, 2.05) is 0 Å². The first-order chi connectivity index (χ1) is 6.16. The molecule has 0 saturated heterocycles. The zero-order valence-corrected chi connectivity index (χ0v) is 8.99. The molecule has 1 aliphatic heterocycles. The highest BCUT2D eigenvalue weighted by atomic mass is 79.9. The summed E-state index contributed by atoms with van der Waals surface area (Å²) >= 11 is 3.37. The zero-order valence-electron chi connectivity index (χ0n) is 7.40. The van der Waals surface area contributed by atoms with Gasteiger partial charge in [0.25, 0.3) is 0 Å². The summed E-state index contributed by atoms with van der Waals surface area (Å²) in [6.07, 6.45) is 0.908. The lowest BCUT2D eigenvalue weighted by molar-refractivity contribution is 0.507. The average molecular weight is 244 g/mol. The van der Waals surface area contributed by atoms with Crippen LogP contribution in [-0.2, 0) is 13.0 Å². The molecule has 0 aromatic heterocycles. The first kappa shape index (κ1) is 9.16. The smallest absolute Gasteiger partial charge is 0.124 e. The highest BCUT2D eigenvalue weighted by Crippen LogP contribution is 2.26. The van der Waals surface area contributed by atoms with E-state index in [0.717, 1.165) is 23.0 Å². The number of hydrogen-bond acceptors (Lipinski definition) is 1. The van der Waals surface area contributed by atoms with Crippen molar-refractivity contribution in [3.63, 3.8) is 0 Å². The number of benzene rings is 1. The van der Waals surface area contributed by atoms with Crippen molar-refractivity contribution in [1.82, 2.24) is 5.32 Å². The Bertz CT molecular complexity index is 338. The lowest BCUT2D eigenvalue weighted by atomic mass is 9.97. The SMILES string of the molecule is CC1Cc2cc(F)cc(Br)c2CN1. The molecule has 1 aliphatic rings. The molecule has 1 nitrogen and oxygen atoms in total. The van der Waals surface area contributed by atoms with E-state index in [-0.39, 0.29) is 5.82 Å². The van der Waals surface area contributed by atoms with Crippen molar-refractivity contribution in [3.05, 3.63) is 33.5 Å². The van der Waals surface area contributed by atoms with Crippen molar-refractivity contribution in [3.8, 4) is 0 Å². The van der Waals surface area contributed by atoms with Gasteiger partial charge in [-0.15, -0.1) is 0 Å². The van der Waals surface area contributed by atoms with E-state index in [2.05, 4.69) is 28.2 Å². The van der Waals surface area contributed by atoms with E-state index < -0.39 is 0 Å². The van der Waals surface area contributed by atoms with Crippen LogP contribution in [0.25, 0.3) is 0 Å². The number of halogens is 2. The van der Waals surface area contributed by atoms with E-state index >= 15 is 0 Å². The molecule has 70 valence electrons. The number of fused-ring (bicyclic) bond motifs is 1. The predicted octanol–water partition coefficient (Wildman–Crippen LogP) is 2.62. The molecule has 1 unspecified atom stereocenters. The van der Waals surface area contributed by atoms with E-state index in [9.17, 15) is 4.39 Å². The second kappa shape index (κ2) is 3.39. The first-order valence-electron chi connectivity index (χ1n) is 4.37. The van der Waals surface area contributed by atoms with Crippen LogP contribution in [0, 0.1) is 5.82 Å². The van der Waals surface area contributed by atoms with Gasteiger partial charge in [-0.05, 0) is 36.6 Å². The minimum Gasteiger partial charge on any atom is -0.310 e. The lowest BCUT2D eigenvalue weighted by Gasteiger charge is -2.24. The highest BCUT2D eigenvalue weighted by molar-refractivity contribution is 9.10. The van der Waals surface area contributed by atoms with Crippen molar-refractivity contribution >= 4 is 15.9 Å². The molecule has 1 aromatic rings. The van der Waals surface area contributed by atoms with Gasteiger partial charge < -0.3 is 5.32 Å². The van der Waals surface area contributed by atoms with Crippen molar-refractivity contribution < 1.29 is 4.39 Å². The molecular weight excluding hydrogens is 233 g/mol. The van der Waals surface area contributed by atoms with E-state index in [0.29, 0.717) is 6.04 Å². The Balaban J connectivity index is 2.47. The molecule has 0 radical (unpaired) electrons. The Morgan fingerprint density at radius 3 is 3.08 bits per heavy atom. The summed E-state index contributed by atoms with van der Waals surface area (Å²) in [5, 5.41) is 3.35. The minimum atomic E-state index is -0.153. The topological polar surface area (TPSA) is 12.0 Å².